The molecule has 3 aromatic carbocycles. The zero-order chi connectivity index (χ0) is 25.0. The number of ketones is 1. The highest BCUT2D eigenvalue weighted by Crippen LogP contribution is 2.34. The molecule has 0 atom stereocenters. The Hall–Kier alpha value is -2.93. The first-order valence-electron chi connectivity index (χ1n) is 9.80. The zero-order valence-corrected chi connectivity index (χ0v) is 20.3. The summed E-state index contributed by atoms with van der Waals surface area (Å²) in [5, 5.41) is 12.0. The molecule has 0 saturated carbocycles. The van der Waals surface area contributed by atoms with E-state index in [9.17, 15) is 17.8 Å². The molecule has 34 heavy (non-hydrogen) atoms. The van der Waals surface area contributed by atoms with Gasteiger partial charge in [0.2, 0.25) is 0 Å². The van der Waals surface area contributed by atoms with Crippen LogP contribution in [0, 0.1) is 20.8 Å². The lowest BCUT2D eigenvalue weighted by atomic mass is 10.0. The molecule has 0 radical (unpaired) electrons. The first kappa shape index (κ1) is 25.7. The fourth-order valence-electron chi connectivity index (χ4n) is 3.40. The van der Waals surface area contributed by atoms with E-state index in [0.717, 1.165) is 22.8 Å². The van der Waals surface area contributed by atoms with Crippen molar-refractivity contribution in [2.75, 3.05) is 7.11 Å². The van der Waals surface area contributed by atoms with Gasteiger partial charge < -0.3 is 9.47 Å². The van der Waals surface area contributed by atoms with Gasteiger partial charge in [0.05, 0.1) is 19.2 Å². The van der Waals surface area contributed by atoms with E-state index in [0.29, 0.717) is 28.4 Å². The van der Waals surface area contributed by atoms with Crippen LogP contribution in [0.25, 0.3) is 0 Å². The Morgan fingerprint density at radius 2 is 1.53 bits per heavy atom. The topological polar surface area (TPSA) is 129 Å². The summed E-state index contributed by atoms with van der Waals surface area (Å²) in [4.78, 5) is 13.0. The summed E-state index contributed by atoms with van der Waals surface area (Å²) in [6.45, 7) is 5.40. The summed E-state index contributed by atoms with van der Waals surface area (Å²) in [5.74, 6) is 0.372. The number of ether oxygens (including phenoxy) is 2. The minimum atomic E-state index is -4.72. The number of carbonyl (C=O) groups excluding carboxylic acids is 1. The largest absolute Gasteiger partial charge is 0.496 e. The molecule has 0 bridgehead atoms. The molecule has 0 heterocycles. The molecule has 11 heteroatoms. The third kappa shape index (κ3) is 5.76. The van der Waals surface area contributed by atoms with Crippen LogP contribution in [0.2, 0.25) is 0 Å². The molecule has 180 valence electrons. The Kier molecular flexibility index (Phi) is 7.97. The van der Waals surface area contributed by atoms with Gasteiger partial charge in [-0.15, -0.1) is 4.33 Å². The Balaban J connectivity index is 1.99. The summed E-state index contributed by atoms with van der Waals surface area (Å²) in [5.41, 5.74) is 2.56. The highest BCUT2D eigenvalue weighted by molar-refractivity contribution is 7.94. The maximum Gasteiger partial charge on any atom is 0.298 e. The smallest absolute Gasteiger partial charge is 0.298 e. The Labute approximate surface area is 201 Å². The standard InChI is InChI=1S/C23H22O9S2/c1-13-5-6-16(11-20(13)33-32-31-25)22(24)17-7-8-19(21(12-17)34(26,27)28)30-18-9-14(2)23(29-4)15(3)10-18/h5-12,25H,1-4H3,(H,26,27,28). The molecule has 0 amide bonds. The van der Waals surface area contributed by atoms with Crippen molar-refractivity contribution in [1.29, 1.82) is 0 Å². The third-order valence-electron chi connectivity index (χ3n) is 4.95. The van der Waals surface area contributed by atoms with E-state index >= 15 is 0 Å². The molecule has 0 aliphatic carbocycles. The molecule has 3 aromatic rings. The highest BCUT2D eigenvalue weighted by Gasteiger charge is 2.22. The van der Waals surface area contributed by atoms with E-state index < -0.39 is 20.8 Å². The maximum atomic E-state index is 13.0. The summed E-state index contributed by atoms with van der Waals surface area (Å²) in [6, 6.07) is 11.8. The quantitative estimate of drug-likeness (QED) is 0.129. The minimum absolute atomic E-state index is 0.0150. The van der Waals surface area contributed by atoms with E-state index in [4.69, 9.17) is 14.7 Å². The van der Waals surface area contributed by atoms with Crippen molar-refractivity contribution >= 4 is 27.9 Å². The van der Waals surface area contributed by atoms with E-state index in [2.05, 4.69) is 9.37 Å². The molecular weight excluding hydrogens is 484 g/mol. The Bertz CT molecular complexity index is 1310. The Morgan fingerprint density at radius 3 is 2.12 bits per heavy atom. The van der Waals surface area contributed by atoms with Crippen molar-refractivity contribution < 1.29 is 41.9 Å². The molecule has 0 spiro atoms. The second kappa shape index (κ2) is 10.6. The van der Waals surface area contributed by atoms with Crippen LogP contribution in [0.1, 0.15) is 32.6 Å². The molecule has 0 fully saturated rings. The SMILES string of the molecule is COc1c(C)cc(Oc2ccc(C(=O)c3ccc(C)c(SOOO)c3)cc2S(=O)(=O)O)cc1C. The van der Waals surface area contributed by atoms with Crippen LogP contribution in [-0.4, -0.2) is 31.1 Å². The van der Waals surface area contributed by atoms with Gasteiger partial charge >= 0.3 is 0 Å². The van der Waals surface area contributed by atoms with Gasteiger partial charge in [-0.1, -0.05) is 17.2 Å². The lowest BCUT2D eigenvalue weighted by molar-refractivity contribution is -0.432. The van der Waals surface area contributed by atoms with E-state index in [1.165, 1.54) is 18.2 Å². The number of methoxy groups -OCH3 is 1. The summed E-state index contributed by atoms with van der Waals surface area (Å²) >= 11 is 0.700. The molecule has 0 aromatic heterocycles. The van der Waals surface area contributed by atoms with Gasteiger partial charge in [-0.2, -0.15) is 8.42 Å². The fourth-order valence-corrected chi connectivity index (χ4v) is 4.52. The van der Waals surface area contributed by atoms with Crippen molar-refractivity contribution in [3.63, 3.8) is 0 Å². The van der Waals surface area contributed by atoms with Gasteiger partial charge in [0.25, 0.3) is 10.1 Å². The number of rotatable bonds is 9. The van der Waals surface area contributed by atoms with Gasteiger partial charge in [-0.05, 0) is 73.9 Å². The third-order valence-corrected chi connectivity index (χ3v) is 6.58. The van der Waals surface area contributed by atoms with Crippen LogP contribution in [0.5, 0.6) is 17.2 Å². The number of hydrogen-bond acceptors (Lipinski definition) is 9. The lowest BCUT2D eigenvalue weighted by Crippen LogP contribution is -2.07. The number of carbonyl (C=O) groups is 1. The van der Waals surface area contributed by atoms with Crippen LogP contribution in [-0.2, 0) is 19.5 Å². The monoisotopic (exact) mass is 506 g/mol. The van der Waals surface area contributed by atoms with Gasteiger partial charge in [-0.3, -0.25) is 9.35 Å². The Morgan fingerprint density at radius 1 is 0.912 bits per heavy atom. The molecule has 0 aliphatic heterocycles. The van der Waals surface area contributed by atoms with Crippen molar-refractivity contribution in [1.82, 2.24) is 0 Å². The molecule has 0 unspecified atom stereocenters. The number of hydrogen-bond donors (Lipinski definition) is 2. The minimum Gasteiger partial charge on any atom is -0.496 e. The molecule has 3 rings (SSSR count). The van der Waals surface area contributed by atoms with Crippen molar-refractivity contribution in [3.05, 3.63) is 76.3 Å². The molecule has 2 N–H and O–H groups in total. The van der Waals surface area contributed by atoms with E-state index in [1.54, 1.807) is 38.3 Å². The first-order chi connectivity index (χ1) is 16.0. The lowest BCUT2D eigenvalue weighted by Gasteiger charge is -2.14. The van der Waals surface area contributed by atoms with Gasteiger partial charge in [0, 0.05) is 16.0 Å². The van der Waals surface area contributed by atoms with Crippen molar-refractivity contribution in [3.8, 4) is 17.2 Å². The average molecular weight is 507 g/mol. The van der Waals surface area contributed by atoms with Crippen LogP contribution in [0.4, 0.5) is 0 Å². The second-order valence-electron chi connectivity index (χ2n) is 7.36. The van der Waals surface area contributed by atoms with Crippen molar-refractivity contribution in [2.45, 2.75) is 30.6 Å². The van der Waals surface area contributed by atoms with E-state index in [-0.39, 0.29) is 16.9 Å². The van der Waals surface area contributed by atoms with Gasteiger partial charge in [0.15, 0.2) is 5.78 Å². The molecule has 0 aliphatic rings. The highest BCUT2D eigenvalue weighted by atomic mass is 32.2. The van der Waals surface area contributed by atoms with Crippen LogP contribution >= 0.6 is 12.0 Å². The van der Waals surface area contributed by atoms with Gasteiger partial charge in [0.1, 0.15) is 22.1 Å². The summed E-state index contributed by atoms with van der Waals surface area (Å²) in [6.07, 6.45) is 0. The average Bonchev–Trinajstić information content (AvgIpc) is 2.77. The second-order valence-corrected chi connectivity index (χ2v) is 9.50. The van der Waals surface area contributed by atoms with Crippen molar-refractivity contribution in [2.24, 2.45) is 0 Å². The zero-order valence-electron chi connectivity index (χ0n) is 18.7. The normalized spacial score (nSPS) is 11.4. The first-order valence-corrected chi connectivity index (χ1v) is 12.0. The van der Waals surface area contributed by atoms with E-state index in [1.807, 2.05) is 13.8 Å². The predicted molar refractivity (Wildman–Crippen MR) is 124 cm³/mol. The number of aryl methyl sites for hydroxylation is 3. The fraction of sp³-hybridized carbons (Fsp3) is 0.174. The number of benzene rings is 3. The van der Waals surface area contributed by atoms with Crippen LogP contribution in [0.15, 0.2) is 58.3 Å². The summed E-state index contributed by atoms with van der Waals surface area (Å²) in [7, 11) is -3.18. The molecular formula is C23H22O9S2. The molecule has 9 nitrogen and oxygen atoms in total. The maximum absolute atomic E-state index is 13.0. The van der Waals surface area contributed by atoms with Gasteiger partial charge in [-0.25, -0.2) is 5.26 Å². The van der Waals surface area contributed by atoms with Crippen LogP contribution in [0.3, 0.4) is 0 Å². The summed E-state index contributed by atoms with van der Waals surface area (Å²) < 4.78 is 49.5. The molecule has 0 saturated heterocycles. The van der Waals surface area contributed by atoms with Crippen LogP contribution < -0.4 is 9.47 Å². The predicted octanol–water partition coefficient (Wildman–Crippen LogP) is 5.32.